The van der Waals surface area contributed by atoms with Crippen molar-refractivity contribution in [3.05, 3.63) is 57.7 Å². The minimum Gasteiger partial charge on any atom is -0.381 e. The smallest absolute Gasteiger partial charge is 0.279 e. The van der Waals surface area contributed by atoms with E-state index in [1.54, 1.807) is 14.2 Å². The lowest BCUT2D eigenvalue weighted by Gasteiger charge is -2.28. The van der Waals surface area contributed by atoms with Crippen LogP contribution >= 0.6 is 0 Å². The summed E-state index contributed by atoms with van der Waals surface area (Å²) in [6.07, 6.45) is 9.17. The van der Waals surface area contributed by atoms with E-state index in [4.69, 9.17) is 9.57 Å². The zero-order valence-corrected chi connectivity index (χ0v) is 19.3. The Kier molecular flexibility index (Phi) is 8.46. The van der Waals surface area contributed by atoms with Gasteiger partial charge in [-0.2, -0.15) is 0 Å². The van der Waals surface area contributed by atoms with Gasteiger partial charge in [0.15, 0.2) is 0 Å². The quantitative estimate of drug-likeness (QED) is 0.578. The van der Waals surface area contributed by atoms with Crippen LogP contribution in [0.1, 0.15) is 41.3 Å². The van der Waals surface area contributed by atoms with Crippen molar-refractivity contribution in [3.63, 3.8) is 0 Å². The van der Waals surface area contributed by atoms with Gasteiger partial charge >= 0.3 is 0 Å². The zero-order valence-electron chi connectivity index (χ0n) is 19.3. The molecule has 0 spiro atoms. The lowest BCUT2D eigenvalue weighted by atomic mass is 10.00. The van der Waals surface area contributed by atoms with E-state index in [9.17, 15) is 4.79 Å². The molecule has 0 saturated carbocycles. The topological polar surface area (TPSA) is 46.9 Å². The minimum atomic E-state index is -0.151. The summed E-state index contributed by atoms with van der Waals surface area (Å²) in [6.45, 7) is 6.60. The normalized spacial score (nSPS) is 15.4. The molecule has 1 aromatic heterocycles. The van der Waals surface area contributed by atoms with Crippen molar-refractivity contribution in [1.29, 1.82) is 0 Å². The molecule has 1 amide bonds. The highest BCUT2D eigenvalue weighted by Crippen LogP contribution is 2.18. The number of nitrogens with zero attached hydrogens (tertiary/aromatic N) is 3. The molecule has 0 unspecified atom stereocenters. The van der Waals surface area contributed by atoms with E-state index in [0.29, 0.717) is 12.2 Å². The van der Waals surface area contributed by atoms with Crippen molar-refractivity contribution in [2.75, 3.05) is 41.0 Å². The highest BCUT2D eigenvalue weighted by Gasteiger charge is 2.18. The second kappa shape index (κ2) is 11.3. The average molecular weight is 426 g/mol. The van der Waals surface area contributed by atoms with Crippen LogP contribution < -0.4 is 10.6 Å². The number of fused-ring (bicyclic) bond motifs is 1. The molecular weight excluding hydrogens is 390 g/mol. The number of amides is 1. The van der Waals surface area contributed by atoms with Crippen LogP contribution in [0.5, 0.6) is 0 Å². The van der Waals surface area contributed by atoms with Gasteiger partial charge in [0.05, 0.1) is 19.3 Å². The summed E-state index contributed by atoms with van der Waals surface area (Å²) in [6, 6.07) is 8.74. The summed E-state index contributed by atoms with van der Waals surface area (Å²) < 4.78 is 7.47. The summed E-state index contributed by atoms with van der Waals surface area (Å²) in [5.74, 6) is -0.151. The highest BCUT2D eigenvalue weighted by molar-refractivity contribution is 5.93. The van der Waals surface area contributed by atoms with Crippen molar-refractivity contribution < 1.29 is 14.4 Å². The second-order valence-electron chi connectivity index (χ2n) is 7.94. The fraction of sp³-hybridized carbons (Fsp3) is 0.480. The van der Waals surface area contributed by atoms with E-state index in [2.05, 4.69) is 46.7 Å². The van der Waals surface area contributed by atoms with Gasteiger partial charge in [-0.3, -0.25) is 14.5 Å². The second-order valence-corrected chi connectivity index (χ2v) is 7.94. The monoisotopic (exact) mass is 425 g/mol. The molecule has 1 aliphatic heterocycles. The maximum atomic E-state index is 12.9. The van der Waals surface area contributed by atoms with Crippen LogP contribution in [0, 0.1) is 0 Å². The molecule has 0 radical (unpaired) electrons. The Morgan fingerprint density at radius 3 is 2.65 bits per heavy atom. The predicted octanol–water partition coefficient (Wildman–Crippen LogP) is 2.19. The first-order chi connectivity index (χ1) is 15.1. The largest absolute Gasteiger partial charge is 0.381 e. The van der Waals surface area contributed by atoms with E-state index in [-0.39, 0.29) is 5.91 Å². The molecule has 31 heavy (non-hydrogen) atoms. The van der Waals surface area contributed by atoms with Gasteiger partial charge in [0.2, 0.25) is 0 Å². The fourth-order valence-electron chi connectivity index (χ4n) is 4.21. The summed E-state index contributed by atoms with van der Waals surface area (Å²) in [4.78, 5) is 20.5. The Balaban J connectivity index is 1.78. The molecule has 3 rings (SSSR count). The Labute approximate surface area is 185 Å². The molecular formula is C25H35N3O3. The molecule has 0 fully saturated rings. The molecule has 0 aliphatic carbocycles. The van der Waals surface area contributed by atoms with Gasteiger partial charge in [0.25, 0.3) is 5.91 Å². The Morgan fingerprint density at radius 2 is 1.94 bits per heavy atom. The van der Waals surface area contributed by atoms with Crippen molar-refractivity contribution in [2.45, 2.75) is 39.3 Å². The highest BCUT2D eigenvalue weighted by atomic mass is 16.7. The van der Waals surface area contributed by atoms with E-state index < -0.39 is 0 Å². The van der Waals surface area contributed by atoms with Crippen LogP contribution in [0.3, 0.4) is 0 Å². The molecule has 0 N–H and O–H groups in total. The number of benzene rings is 1. The predicted molar refractivity (Wildman–Crippen MR) is 124 cm³/mol. The maximum Gasteiger partial charge on any atom is 0.279 e. The van der Waals surface area contributed by atoms with E-state index in [0.717, 1.165) is 56.0 Å². The Morgan fingerprint density at radius 1 is 1.16 bits per heavy atom. The molecule has 168 valence electrons. The van der Waals surface area contributed by atoms with Gasteiger partial charge < -0.3 is 9.30 Å². The number of aryl methyl sites for hydroxylation is 1. The van der Waals surface area contributed by atoms with Gasteiger partial charge in [0, 0.05) is 57.1 Å². The van der Waals surface area contributed by atoms with Gasteiger partial charge in [-0.25, -0.2) is 5.06 Å². The maximum absolute atomic E-state index is 12.9. The van der Waals surface area contributed by atoms with Gasteiger partial charge in [-0.15, -0.1) is 0 Å². The molecule has 6 heteroatoms. The molecule has 6 nitrogen and oxygen atoms in total. The van der Waals surface area contributed by atoms with Crippen molar-refractivity contribution in [3.8, 4) is 0 Å². The standard InChI is InChI=1S/C25H35N3O3/c1-5-9-24-22(13-17-30-3)23(25(29)26(2)31-4)19-28(24)15-8-14-27-16-12-20-10-6-7-11-21(20)18-27/h6-7,9-11,13,19H,5,8,12,14-18H2,1-4H3/b22-13-,24-9+. The Bertz CT molecular complexity index is 996. The van der Waals surface area contributed by atoms with Crippen LogP contribution in [-0.2, 0) is 29.1 Å². The minimum absolute atomic E-state index is 0.151. The third-order valence-corrected chi connectivity index (χ3v) is 5.89. The molecule has 0 bridgehead atoms. The number of hydrogen-bond donors (Lipinski definition) is 0. The van der Waals surface area contributed by atoms with Crippen molar-refractivity contribution >= 4 is 18.1 Å². The van der Waals surface area contributed by atoms with Gasteiger partial charge in [-0.1, -0.05) is 37.3 Å². The van der Waals surface area contributed by atoms with E-state index in [1.165, 1.54) is 23.3 Å². The molecule has 1 aliphatic rings. The molecule has 0 saturated heterocycles. The molecule has 0 atom stereocenters. The van der Waals surface area contributed by atoms with Gasteiger partial charge in [0.1, 0.15) is 0 Å². The summed E-state index contributed by atoms with van der Waals surface area (Å²) in [5, 5.41) is 3.27. The van der Waals surface area contributed by atoms with Crippen molar-refractivity contribution in [1.82, 2.24) is 14.5 Å². The van der Waals surface area contributed by atoms with E-state index in [1.807, 2.05) is 12.3 Å². The zero-order chi connectivity index (χ0) is 22.2. The lowest BCUT2D eigenvalue weighted by molar-refractivity contribution is -0.0757. The fourth-order valence-corrected chi connectivity index (χ4v) is 4.21. The molecule has 2 heterocycles. The first-order valence-electron chi connectivity index (χ1n) is 11.1. The Hall–Kier alpha value is -2.41. The van der Waals surface area contributed by atoms with Crippen molar-refractivity contribution in [2.24, 2.45) is 0 Å². The molecule has 1 aromatic carbocycles. The van der Waals surface area contributed by atoms with Crippen LogP contribution in [0.25, 0.3) is 12.2 Å². The number of carbonyl (C=O) groups excluding carboxylic acids is 1. The third-order valence-electron chi connectivity index (χ3n) is 5.89. The average Bonchev–Trinajstić information content (AvgIpc) is 3.13. The number of methoxy groups -OCH3 is 1. The summed E-state index contributed by atoms with van der Waals surface area (Å²) >= 11 is 0. The summed E-state index contributed by atoms with van der Waals surface area (Å²) in [7, 11) is 4.80. The number of hydroxylamine groups is 2. The first-order valence-corrected chi connectivity index (χ1v) is 11.1. The van der Waals surface area contributed by atoms with Gasteiger partial charge in [-0.05, 0) is 36.5 Å². The SMILES string of the molecule is CC/C=c1\c(=C/COC)c(C(=O)N(C)OC)cn1CCCN1CCc2ccccc2C1. The number of rotatable bonds is 9. The molecule has 2 aromatic rings. The number of aromatic nitrogens is 1. The number of carbonyl (C=O) groups is 1. The van der Waals surface area contributed by atoms with E-state index >= 15 is 0 Å². The summed E-state index contributed by atoms with van der Waals surface area (Å²) in [5.41, 5.74) is 3.57. The van der Waals surface area contributed by atoms with Crippen LogP contribution in [-0.4, -0.2) is 61.4 Å². The number of hydrogen-bond acceptors (Lipinski definition) is 4. The van der Waals surface area contributed by atoms with Crippen LogP contribution in [0.15, 0.2) is 30.5 Å². The van der Waals surface area contributed by atoms with Crippen LogP contribution in [0.4, 0.5) is 0 Å². The third kappa shape index (κ3) is 5.64. The first kappa shape index (κ1) is 23.3. The lowest BCUT2D eigenvalue weighted by Crippen LogP contribution is -2.36. The van der Waals surface area contributed by atoms with Crippen LogP contribution in [0.2, 0.25) is 0 Å². The number of ether oxygens (including phenoxy) is 1.